The third-order valence-electron chi connectivity index (χ3n) is 3.14. The molecule has 5 heteroatoms. The first kappa shape index (κ1) is 14.4. The Morgan fingerprint density at radius 1 is 1.14 bits per heavy atom. The fourth-order valence-electron chi connectivity index (χ4n) is 2.06. The number of esters is 1. The van der Waals surface area contributed by atoms with Crippen LogP contribution in [0.2, 0.25) is 5.02 Å². The van der Waals surface area contributed by atoms with Crippen molar-refractivity contribution in [2.75, 3.05) is 7.11 Å². The number of hydrogen-bond acceptors (Lipinski definition) is 4. The summed E-state index contributed by atoms with van der Waals surface area (Å²) in [6.07, 6.45) is 1.64. The Bertz CT molecular complexity index is 779. The number of nitrogens with zero attached hydrogens (tertiary/aromatic N) is 1. The van der Waals surface area contributed by atoms with Crippen LogP contribution in [0.1, 0.15) is 11.1 Å². The molecule has 1 aliphatic rings. The van der Waals surface area contributed by atoms with Crippen molar-refractivity contribution in [2.45, 2.75) is 0 Å². The molecule has 0 aromatic heterocycles. The molecule has 2 aromatic rings. The molecule has 4 nitrogen and oxygen atoms in total. The Morgan fingerprint density at radius 3 is 2.59 bits per heavy atom. The molecule has 0 saturated carbocycles. The quantitative estimate of drug-likeness (QED) is 0.641. The highest BCUT2D eigenvalue weighted by Gasteiger charge is 2.24. The van der Waals surface area contributed by atoms with Crippen molar-refractivity contribution in [3.63, 3.8) is 0 Å². The van der Waals surface area contributed by atoms with Gasteiger partial charge in [0.25, 0.3) is 0 Å². The Labute approximate surface area is 132 Å². The van der Waals surface area contributed by atoms with Crippen LogP contribution in [0.5, 0.6) is 5.75 Å². The van der Waals surface area contributed by atoms with Crippen LogP contribution in [0.3, 0.4) is 0 Å². The monoisotopic (exact) mass is 313 g/mol. The third kappa shape index (κ3) is 2.87. The van der Waals surface area contributed by atoms with Gasteiger partial charge in [0.05, 0.1) is 7.11 Å². The van der Waals surface area contributed by atoms with Crippen LogP contribution in [-0.2, 0) is 9.53 Å². The second kappa shape index (κ2) is 6.03. The molecule has 0 amide bonds. The lowest BCUT2D eigenvalue weighted by Gasteiger charge is -2.03. The van der Waals surface area contributed by atoms with Gasteiger partial charge in [-0.05, 0) is 36.4 Å². The van der Waals surface area contributed by atoms with Crippen LogP contribution in [0, 0.1) is 0 Å². The first-order chi connectivity index (χ1) is 10.7. The second-order valence-electron chi connectivity index (χ2n) is 4.58. The summed E-state index contributed by atoms with van der Waals surface area (Å²) in [5.41, 5.74) is 1.69. The molecule has 110 valence electrons. The van der Waals surface area contributed by atoms with E-state index in [1.165, 1.54) is 0 Å². The molecule has 0 N–H and O–H groups in total. The zero-order valence-electron chi connectivity index (χ0n) is 11.7. The normalized spacial score (nSPS) is 15.6. The van der Waals surface area contributed by atoms with E-state index in [1.54, 1.807) is 37.5 Å². The maximum absolute atomic E-state index is 12.0. The molecule has 0 radical (unpaired) electrons. The van der Waals surface area contributed by atoms with Gasteiger partial charge in [-0.15, -0.1) is 0 Å². The summed E-state index contributed by atoms with van der Waals surface area (Å²) >= 11 is 5.84. The van der Waals surface area contributed by atoms with Crippen molar-refractivity contribution >= 4 is 29.5 Å². The van der Waals surface area contributed by atoms with Crippen LogP contribution in [0.4, 0.5) is 0 Å². The van der Waals surface area contributed by atoms with Crippen molar-refractivity contribution in [2.24, 2.45) is 4.99 Å². The van der Waals surface area contributed by atoms with Crippen LogP contribution >= 0.6 is 11.6 Å². The zero-order valence-corrected chi connectivity index (χ0v) is 12.5. The Hall–Kier alpha value is -2.59. The fraction of sp³-hybridized carbons (Fsp3) is 0.0588. The van der Waals surface area contributed by atoms with Gasteiger partial charge in [-0.1, -0.05) is 29.8 Å². The van der Waals surface area contributed by atoms with E-state index in [0.717, 1.165) is 5.56 Å². The minimum atomic E-state index is -0.490. The Morgan fingerprint density at radius 2 is 1.86 bits per heavy atom. The molecule has 2 aromatic carbocycles. The maximum Gasteiger partial charge on any atom is 0.363 e. The number of carbonyl (C=O) groups is 1. The van der Waals surface area contributed by atoms with Crippen LogP contribution < -0.4 is 4.74 Å². The van der Waals surface area contributed by atoms with Crippen molar-refractivity contribution in [3.05, 3.63) is 70.4 Å². The minimum absolute atomic E-state index is 0.231. The summed E-state index contributed by atoms with van der Waals surface area (Å²) in [6, 6.07) is 14.3. The lowest BCUT2D eigenvalue weighted by atomic mass is 10.1. The molecule has 1 aliphatic heterocycles. The van der Waals surface area contributed by atoms with Gasteiger partial charge in [0, 0.05) is 16.1 Å². The van der Waals surface area contributed by atoms with E-state index in [1.807, 2.05) is 24.3 Å². The van der Waals surface area contributed by atoms with Gasteiger partial charge in [-0.25, -0.2) is 9.79 Å². The average Bonchev–Trinajstić information content (AvgIpc) is 2.89. The molecular weight excluding hydrogens is 302 g/mol. The molecule has 0 bridgehead atoms. The SMILES string of the molecule is COc1ccccc1/C=C1/N=C(c2ccc(Cl)cc2)OC1=O. The summed E-state index contributed by atoms with van der Waals surface area (Å²) in [6.45, 7) is 0. The van der Waals surface area contributed by atoms with Gasteiger partial charge in [0.15, 0.2) is 5.70 Å². The zero-order chi connectivity index (χ0) is 15.5. The lowest BCUT2D eigenvalue weighted by Crippen LogP contribution is -2.05. The van der Waals surface area contributed by atoms with Gasteiger partial charge in [0.2, 0.25) is 5.90 Å². The molecule has 0 unspecified atom stereocenters. The Kier molecular flexibility index (Phi) is 3.94. The molecule has 0 fully saturated rings. The van der Waals surface area contributed by atoms with Crippen LogP contribution in [-0.4, -0.2) is 19.0 Å². The van der Waals surface area contributed by atoms with Crippen molar-refractivity contribution < 1.29 is 14.3 Å². The summed E-state index contributed by atoms with van der Waals surface area (Å²) in [5.74, 6) is 0.441. The number of cyclic esters (lactones) is 1. The summed E-state index contributed by atoms with van der Waals surface area (Å²) in [7, 11) is 1.58. The molecule has 1 heterocycles. The minimum Gasteiger partial charge on any atom is -0.496 e. The van der Waals surface area contributed by atoms with E-state index < -0.39 is 5.97 Å². The van der Waals surface area contributed by atoms with Gasteiger partial charge in [0.1, 0.15) is 5.75 Å². The van der Waals surface area contributed by atoms with E-state index in [0.29, 0.717) is 16.3 Å². The predicted octanol–water partition coefficient (Wildman–Crippen LogP) is 3.69. The molecule has 0 spiro atoms. The lowest BCUT2D eigenvalue weighted by molar-refractivity contribution is -0.129. The third-order valence-corrected chi connectivity index (χ3v) is 3.39. The molecule has 0 saturated heterocycles. The molecule has 0 aliphatic carbocycles. The van der Waals surface area contributed by atoms with Crippen molar-refractivity contribution in [1.29, 1.82) is 0 Å². The van der Waals surface area contributed by atoms with Gasteiger partial charge in [-0.3, -0.25) is 0 Å². The number of benzene rings is 2. The number of ether oxygens (including phenoxy) is 2. The molecule has 22 heavy (non-hydrogen) atoms. The highest BCUT2D eigenvalue weighted by Crippen LogP contribution is 2.24. The topological polar surface area (TPSA) is 47.9 Å². The number of para-hydroxylation sites is 1. The van der Waals surface area contributed by atoms with Crippen molar-refractivity contribution in [3.8, 4) is 5.75 Å². The molecular formula is C17H12ClNO3. The fourth-order valence-corrected chi connectivity index (χ4v) is 2.18. The van der Waals surface area contributed by atoms with Gasteiger partial charge in [-0.2, -0.15) is 0 Å². The number of aliphatic imine (C=N–C) groups is 1. The maximum atomic E-state index is 12.0. The summed E-state index contributed by atoms with van der Waals surface area (Å²) in [5, 5.41) is 0.610. The number of carbonyl (C=O) groups excluding carboxylic acids is 1. The largest absolute Gasteiger partial charge is 0.496 e. The smallest absolute Gasteiger partial charge is 0.363 e. The summed E-state index contributed by atoms with van der Waals surface area (Å²) < 4.78 is 10.5. The molecule has 3 rings (SSSR count). The van der Waals surface area contributed by atoms with E-state index in [-0.39, 0.29) is 11.6 Å². The standard InChI is InChI=1S/C17H12ClNO3/c1-21-15-5-3-2-4-12(15)10-14-17(20)22-16(19-14)11-6-8-13(18)9-7-11/h2-10H,1H3/b14-10+. The van der Waals surface area contributed by atoms with Crippen LogP contribution in [0.15, 0.2) is 59.2 Å². The highest BCUT2D eigenvalue weighted by molar-refractivity contribution is 6.30. The van der Waals surface area contributed by atoms with Crippen LogP contribution in [0.25, 0.3) is 6.08 Å². The van der Waals surface area contributed by atoms with E-state index in [9.17, 15) is 4.79 Å². The van der Waals surface area contributed by atoms with E-state index >= 15 is 0 Å². The predicted molar refractivity (Wildman–Crippen MR) is 85.1 cm³/mol. The second-order valence-corrected chi connectivity index (χ2v) is 5.02. The first-order valence-corrected chi connectivity index (χ1v) is 6.96. The molecule has 0 atom stereocenters. The average molecular weight is 314 g/mol. The highest BCUT2D eigenvalue weighted by atomic mass is 35.5. The first-order valence-electron chi connectivity index (χ1n) is 6.59. The van der Waals surface area contributed by atoms with Crippen molar-refractivity contribution in [1.82, 2.24) is 0 Å². The Balaban J connectivity index is 1.96. The van der Waals surface area contributed by atoms with E-state index in [4.69, 9.17) is 21.1 Å². The number of halogens is 1. The number of hydrogen-bond donors (Lipinski definition) is 0. The summed E-state index contributed by atoms with van der Waals surface area (Å²) in [4.78, 5) is 16.2. The van der Waals surface area contributed by atoms with E-state index in [2.05, 4.69) is 4.99 Å². The van der Waals surface area contributed by atoms with Gasteiger partial charge >= 0.3 is 5.97 Å². The van der Waals surface area contributed by atoms with Gasteiger partial charge < -0.3 is 9.47 Å². The number of rotatable bonds is 3. The number of methoxy groups -OCH3 is 1.